The van der Waals surface area contributed by atoms with Gasteiger partial charge in [0, 0.05) is 5.69 Å². The Morgan fingerprint density at radius 2 is 1.94 bits per heavy atom. The number of aliphatic hydroxyl groups is 3. The lowest BCUT2D eigenvalue weighted by Crippen LogP contribution is -2.36. The molecule has 1 saturated heterocycles. The average molecular weight is 253 g/mol. The fourth-order valence-electron chi connectivity index (χ4n) is 2.06. The smallest absolute Gasteiger partial charge is 0.157 e. The molecule has 18 heavy (non-hydrogen) atoms. The molecule has 5 nitrogen and oxygen atoms in total. The Kier molecular flexibility index (Phi) is 3.87. The van der Waals surface area contributed by atoms with Gasteiger partial charge < -0.3 is 25.4 Å². The SMILES string of the molecule is Cc1ccc(C)c(NC2OC(CO)C(O)C2O)c1. The summed E-state index contributed by atoms with van der Waals surface area (Å²) >= 11 is 0. The van der Waals surface area contributed by atoms with Crippen LogP contribution in [0.2, 0.25) is 0 Å². The molecule has 1 heterocycles. The number of ether oxygens (including phenoxy) is 1. The van der Waals surface area contributed by atoms with Gasteiger partial charge in [-0.3, -0.25) is 0 Å². The fourth-order valence-corrected chi connectivity index (χ4v) is 2.06. The minimum Gasteiger partial charge on any atom is -0.394 e. The molecule has 0 aliphatic carbocycles. The van der Waals surface area contributed by atoms with E-state index >= 15 is 0 Å². The van der Waals surface area contributed by atoms with Gasteiger partial charge in [0.2, 0.25) is 0 Å². The molecule has 0 radical (unpaired) electrons. The highest BCUT2D eigenvalue weighted by Crippen LogP contribution is 2.25. The van der Waals surface area contributed by atoms with Crippen molar-refractivity contribution in [3.05, 3.63) is 29.3 Å². The van der Waals surface area contributed by atoms with Crippen molar-refractivity contribution in [3.8, 4) is 0 Å². The predicted molar refractivity (Wildman–Crippen MR) is 67.3 cm³/mol. The summed E-state index contributed by atoms with van der Waals surface area (Å²) in [6.07, 6.45) is -3.58. The molecule has 4 N–H and O–H groups in total. The van der Waals surface area contributed by atoms with Gasteiger partial charge in [0.1, 0.15) is 18.3 Å². The number of nitrogens with one attached hydrogen (secondary N) is 1. The summed E-state index contributed by atoms with van der Waals surface area (Å²) in [5.41, 5.74) is 2.97. The Bertz CT molecular complexity index is 423. The van der Waals surface area contributed by atoms with E-state index in [1.165, 1.54) is 0 Å². The van der Waals surface area contributed by atoms with Gasteiger partial charge in [-0.15, -0.1) is 0 Å². The standard InChI is InChI=1S/C13H19NO4/c1-7-3-4-8(2)9(5-7)14-13-12(17)11(16)10(6-15)18-13/h3-5,10-17H,6H2,1-2H3. The molecule has 1 aliphatic rings. The number of aryl methyl sites for hydroxylation is 2. The monoisotopic (exact) mass is 253 g/mol. The summed E-state index contributed by atoms with van der Waals surface area (Å²) < 4.78 is 5.37. The maximum absolute atomic E-state index is 9.83. The van der Waals surface area contributed by atoms with E-state index in [0.29, 0.717) is 0 Å². The maximum atomic E-state index is 9.83. The highest BCUT2D eigenvalue weighted by molar-refractivity contribution is 5.53. The molecule has 2 rings (SSSR count). The Morgan fingerprint density at radius 3 is 2.56 bits per heavy atom. The normalized spacial score (nSPS) is 31.6. The zero-order chi connectivity index (χ0) is 13.3. The lowest BCUT2D eigenvalue weighted by molar-refractivity contribution is -0.0153. The lowest BCUT2D eigenvalue weighted by Gasteiger charge is -2.19. The van der Waals surface area contributed by atoms with E-state index in [1.54, 1.807) is 0 Å². The molecule has 1 aromatic carbocycles. The average Bonchev–Trinajstić information content (AvgIpc) is 2.62. The van der Waals surface area contributed by atoms with E-state index in [0.717, 1.165) is 16.8 Å². The van der Waals surface area contributed by atoms with Crippen LogP contribution in [-0.4, -0.2) is 46.5 Å². The van der Waals surface area contributed by atoms with Gasteiger partial charge in [-0.1, -0.05) is 12.1 Å². The molecular weight excluding hydrogens is 234 g/mol. The van der Waals surface area contributed by atoms with Gasteiger partial charge in [0.25, 0.3) is 0 Å². The molecule has 4 atom stereocenters. The van der Waals surface area contributed by atoms with Gasteiger partial charge in [0.15, 0.2) is 6.23 Å². The van der Waals surface area contributed by atoms with Gasteiger partial charge >= 0.3 is 0 Å². The van der Waals surface area contributed by atoms with E-state index < -0.39 is 24.5 Å². The minimum atomic E-state index is -1.07. The van der Waals surface area contributed by atoms with E-state index in [9.17, 15) is 10.2 Å². The van der Waals surface area contributed by atoms with Crippen molar-refractivity contribution >= 4 is 5.69 Å². The van der Waals surface area contributed by atoms with Crippen LogP contribution in [0.1, 0.15) is 11.1 Å². The van der Waals surface area contributed by atoms with Crippen LogP contribution in [-0.2, 0) is 4.74 Å². The Morgan fingerprint density at radius 1 is 1.22 bits per heavy atom. The highest BCUT2D eigenvalue weighted by Gasteiger charge is 2.42. The number of hydrogen-bond donors (Lipinski definition) is 4. The van der Waals surface area contributed by atoms with Crippen molar-refractivity contribution in [1.29, 1.82) is 0 Å². The molecule has 0 aromatic heterocycles. The first-order valence-corrected chi connectivity index (χ1v) is 5.99. The topological polar surface area (TPSA) is 82.0 Å². The zero-order valence-electron chi connectivity index (χ0n) is 10.5. The van der Waals surface area contributed by atoms with Crippen LogP contribution in [0.5, 0.6) is 0 Å². The molecule has 1 aromatic rings. The molecule has 4 unspecified atom stereocenters. The minimum absolute atomic E-state index is 0.316. The van der Waals surface area contributed by atoms with Crippen molar-refractivity contribution in [2.45, 2.75) is 38.4 Å². The van der Waals surface area contributed by atoms with Crippen molar-refractivity contribution < 1.29 is 20.1 Å². The molecule has 1 fully saturated rings. The predicted octanol–water partition coefficient (Wildman–Crippen LogP) is 0.154. The van der Waals surface area contributed by atoms with Crippen molar-refractivity contribution in [3.63, 3.8) is 0 Å². The van der Waals surface area contributed by atoms with Crippen LogP contribution in [0.4, 0.5) is 5.69 Å². The fraction of sp³-hybridized carbons (Fsp3) is 0.538. The van der Waals surface area contributed by atoms with E-state index in [1.807, 2.05) is 32.0 Å². The zero-order valence-corrected chi connectivity index (χ0v) is 10.5. The number of anilines is 1. The molecule has 0 amide bonds. The Balaban J connectivity index is 2.12. The van der Waals surface area contributed by atoms with Gasteiger partial charge in [0.05, 0.1) is 6.61 Å². The summed E-state index contributed by atoms with van der Waals surface area (Å²) in [5, 5.41) is 31.6. The number of aliphatic hydroxyl groups excluding tert-OH is 3. The maximum Gasteiger partial charge on any atom is 0.157 e. The van der Waals surface area contributed by atoms with Crippen LogP contribution >= 0.6 is 0 Å². The van der Waals surface area contributed by atoms with Crippen LogP contribution in [0.15, 0.2) is 18.2 Å². The second-order valence-corrected chi connectivity index (χ2v) is 4.72. The first kappa shape index (κ1) is 13.3. The molecule has 5 heteroatoms. The van der Waals surface area contributed by atoms with E-state index in [4.69, 9.17) is 9.84 Å². The summed E-state index contributed by atoms with van der Waals surface area (Å²) in [5.74, 6) is 0. The molecule has 100 valence electrons. The molecule has 1 aliphatic heterocycles. The van der Waals surface area contributed by atoms with Crippen molar-refractivity contribution in [2.24, 2.45) is 0 Å². The second kappa shape index (κ2) is 5.24. The van der Waals surface area contributed by atoms with Gasteiger partial charge in [-0.2, -0.15) is 0 Å². The molecular formula is C13H19NO4. The summed E-state index contributed by atoms with van der Waals surface area (Å²) in [6.45, 7) is 3.61. The van der Waals surface area contributed by atoms with Gasteiger partial charge in [-0.05, 0) is 31.0 Å². The van der Waals surface area contributed by atoms with Crippen LogP contribution in [0.3, 0.4) is 0 Å². The summed E-state index contributed by atoms with van der Waals surface area (Å²) in [6, 6.07) is 5.92. The molecule has 0 spiro atoms. The molecule has 0 bridgehead atoms. The summed E-state index contributed by atoms with van der Waals surface area (Å²) in [4.78, 5) is 0. The van der Waals surface area contributed by atoms with Crippen LogP contribution in [0, 0.1) is 13.8 Å². The third kappa shape index (κ3) is 2.49. The van der Waals surface area contributed by atoms with Crippen molar-refractivity contribution in [2.75, 3.05) is 11.9 Å². The van der Waals surface area contributed by atoms with E-state index in [-0.39, 0.29) is 6.61 Å². The largest absolute Gasteiger partial charge is 0.394 e. The highest BCUT2D eigenvalue weighted by atomic mass is 16.6. The summed E-state index contributed by atoms with van der Waals surface area (Å²) in [7, 11) is 0. The first-order valence-electron chi connectivity index (χ1n) is 5.99. The lowest BCUT2D eigenvalue weighted by atomic mass is 10.1. The van der Waals surface area contributed by atoms with Crippen LogP contribution in [0.25, 0.3) is 0 Å². The quantitative estimate of drug-likeness (QED) is 0.616. The molecule has 0 saturated carbocycles. The second-order valence-electron chi connectivity index (χ2n) is 4.72. The third-order valence-corrected chi connectivity index (χ3v) is 3.23. The van der Waals surface area contributed by atoms with E-state index in [2.05, 4.69) is 5.32 Å². The van der Waals surface area contributed by atoms with Crippen molar-refractivity contribution in [1.82, 2.24) is 0 Å². The number of hydrogen-bond acceptors (Lipinski definition) is 5. The van der Waals surface area contributed by atoms with Crippen LogP contribution < -0.4 is 5.32 Å². The Hall–Kier alpha value is -1.14. The number of benzene rings is 1. The third-order valence-electron chi connectivity index (χ3n) is 3.23. The van der Waals surface area contributed by atoms with Gasteiger partial charge in [-0.25, -0.2) is 0 Å². The number of rotatable bonds is 3. The Labute approximate surface area is 106 Å². The first-order chi connectivity index (χ1) is 8.52.